The Morgan fingerprint density at radius 3 is 2.93 bits per heavy atom. The van der Waals surface area contributed by atoms with Gasteiger partial charge in [0.25, 0.3) is 0 Å². The molecule has 1 aromatic heterocycles. The SMILES string of the molecule is CC1CC(O)CN(c2ccccn2)C1. The van der Waals surface area contributed by atoms with Crippen LogP contribution >= 0.6 is 0 Å². The van der Waals surface area contributed by atoms with Gasteiger partial charge in [0.1, 0.15) is 5.82 Å². The minimum absolute atomic E-state index is 0.208. The predicted molar refractivity (Wildman–Crippen MR) is 56.2 cm³/mol. The normalized spacial score (nSPS) is 27.7. The summed E-state index contributed by atoms with van der Waals surface area (Å²) in [6, 6.07) is 5.88. The Hall–Kier alpha value is -1.09. The van der Waals surface area contributed by atoms with Gasteiger partial charge in [-0.1, -0.05) is 13.0 Å². The van der Waals surface area contributed by atoms with Crippen LogP contribution in [0.15, 0.2) is 24.4 Å². The summed E-state index contributed by atoms with van der Waals surface area (Å²) in [6.07, 6.45) is 2.49. The smallest absolute Gasteiger partial charge is 0.128 e. The number of aromatic nitrogens is 1. The van der Waals surface area contributed by atoms with E-state index >= 15 is 0 Å². The van der Waals surface area contributed by atoms with E-state index in [2.05, 4.69) is 16.8 Å². The summed E-state index contributed by atoms with van der Waals surface area (Å²) in [5.41, 5.74) is 0. The third-order valence-electron chi connectivity index (χ3n) is 2.61. The lowest BCUT2D eigenvalue weighted by Gasteiger charge is -2.34. The molecule has 2 rings (SSSR count). The van der Waals surface area contributed by atoms with E-state index in [1.807, 2.05) is 18.2 Å². The molecule has 0 aliphatic carbocycles. The van der Waals surface area contributed by atoms with Gasteiger partial charge in [0.2, 0.25) is 0 Å². The maximum absolute atomic E-state index is 9.64. The van der Waals surface area contributed by atoms with Crippen LogP contribution in [0.1, 0.15) is 13.3 Å². The van der Waals surface area contributed by atoms with Gasteiger partial charge in [-0.3, -0.25) is 0 Å². The molecule has 1 aliphatic heterocycles. The van der Waals surface area contributed by atoms with E-state index < -0.39 is 0 Å². The first kappa shape index (κ1) is 9.46. The lowest BCUT2D eigenvalue weighted by molar-refractivity contribution is 0.132. The largest absolute Gasteiger partial charge is 0.391 e. The highest BCUT2D eigenvalue weighted by atomic mass is 16.3. The molecule has 0 bridgehead atoms. The highest BCUT2D eigenvalue weighted by Crippen LogP contribution is 2.20. The molecule has 2 heterocycles. The van der Waals surface area contributed by atoms with Crippen molar-refractivity contribution in [2.45, 2.75) is 19.4 Å². The van der Waals surface area contributed by atoms with Crippen LogP contribution in [0.2, 0.25) is 0 Å². The number of nitrogens with zero attached hydrogens (tertiary/aromatic N) is 2. The van der Waals surface area contributed by atoms with Gasteiger partial charge >= 0.3 is 0 Å². The molecule has 0 aromatic carbocycles. The average molecular weight is 192 g/mol. The first-order valence-electron chi connectivity index (χ1n) is 5.10. The highest BCUT2D eigenvalue weighted by Gasteiger charge is 2.23. The van der Waals surface area contributed by atoms with Crippen molar-refractivity contribution in [2.24, 2.45) is 5.92 Å². The molecule has 1 N–H and O–H groups in total. The highest BCUT2D eigenvalue weighted by molar-refractivity contribution is 5.38. The van der Waals surface area contributed by atoms with Gasteiger partial charge in [0, 0.05) is 19.3 Å². The molecule has 1 fully saturated rings. The molecule has 3 heteroatoms. The van der Waals surface area contributed by atoms with E-state index in [9.17, 15) is 5.11 Å². The Morgan fingerprint density at radius 1 is 1.43 bits per heavy atom. The van der Waals surface area contributed by atoms with E-state index in [1.54, 1.807) is 6.20 Å². The van der Waals surface area contributed by atoms with Gasteiger partial charge in [0.05, 0.1) is 6.10 Å². The topological polar surface area (TPSA) is 36.4 Å². The third kappa shape index (κ3) is 2.04. The Morgan fingerprint density at radius 2 is 2.29 bits per heavy atom. The minimum atomic E-state index is -0.208. The van der Waals surface area contributed by atoms with Crippen molar-refractivity contribution >= 4 is 5.82 Å². The van der Waals surface area contributed by atoms with Crippen LogP contribution in [0.5, 0.6) is 0 Å². The summed E-state index contributed by atoms with van der Waals surface area (Å²) in [4.78, 5) is 6.44. The fourth-order valence-electron chi connectivity index (χ4n) is 2.05. The van der Waals surface area contributed by atoms with Gasteiger partial charge in [-0.25, -0.2) is 4.98 Å². The Balaban J connectivity index is 2.11. The predicted octanol–water partition coefficient (Wildman–Crippen LogP) is 1.29. The van der Waals surface area contributed by atoms with Crippen molar-refractivity contribution in [1.82, 2.24) is 4.98 Å². The number of rotatable bonds is 1. The molecule has 0 saturated carbocycles. The van der Waals surface area contributed by atoms with Gasteiger partial charge in [-0.2, -0.15) is 0 Å². The molecule has 2 atom stereocenters. The third-order valence-corrected chi connectivity index (χ3v) is 2.61. The van der Waals surface area contributed by atoms with Gasteiger partial charge in [-0.05, 0) is 24.5 Å². The van der Waals surface area contributed by atoms with Crippen LogP contribution < -0.4 is 4.90 Å². The van der Waals surface area contributed by atoms with E-state index in [0.29, 0.717) is 12.5 Å². The molecule has 3 nitrogen and oxygen atoms in total. The van der Waals surface area contributed by atoms with Gasteiger partial charge < -0.3 is 10.0 Å². The van der Waals surface area contributed by atoms with Crippen molar-refractivity contribution in [3.05, 3.63) is 24.4 Å². The van der Waals surface area contributed by atoms with Gasteiger partial charge in [-0.15, -0.1) is 0 Å². The van der Waals surface area contributed by atoms with Crippen molar-refractivity contribution in [3.8, 4) is 0 Å². The first-order valence-corrected chi connectivity index (χ1v) is 5.10. The molecule has 1 saturated heterocycles. The number of aliphatic hydroxyl groups excluding tert-OH is 1. The lowest BCUT2D eigenvalue weighted by Crippen LogP contribution is -2.42. The molecule has 1 aliphatic rings. The number of pyridine rings is 1. The number of aliphatic hydroxyl groups is 1. The quantitative estimate of drug-likeness (QED) is 0.728. The summed E-state index contributed by atoms with van der Waals surface area (Å²) >= 11 is 0. The van der Waals surface area contributed by atoms with Crippen molar-refractivity contribution in [3.63, 3.8) is 0 Å². The number of piperidine rings is 1. The minimum Gasteiger partial charge on any atom is -0.391 e. The maximum atomic E-state index is 9.64. The molecular weight excluding hydrogens is 176 g/mol. The zero-order valence-corrected chi connectivity index (χ0v) is 8.43. The van der Waals surface area contributed by atoms with Crippen LogP contribution in [-0.2, 0) is 0 Å². The molecule has 14 heavy (non-hydrogen) atoms. The standard InChI is InChI=1S/C11H16N2O/c1-9-6-10(14)8-13(7-9)11-4-2-3-5-12-11/h2-5,9-10,14H,6-8H2,1H3. The molecular formula is C11H16N2O. The van der Waals surface area contributed by atoms with Crippen molar-refractivity contribution in [2.75, 3.05) is 18.0 Å². The summed E-state index contributed by atoms with van der Waals surface area (Å²) in [5, 5.41) is 9.64. The average Bonchev–Trinajstić information content (AvgIpc) is 2.18. The molecule has 0 spiro atoms. The van der Waals surface area contributed by atoms with Crippen LogP contribution in [-0.4, -0.2) is 29.3 Å². The zero-order valence-electron chi connectivity index (χ0n) is 8.43. The summed E-state index contributed by atoms with van der Waals surface area (Å²) < 4.78 is 0. The number of hydrogen-bond acceptors (Lipinski definition) is 3. The molecule has 1 aromatic rings. The van der Waals surface area contributed by atoms with Gasteiger partial charge in [0.15, 0.2) is 0 Å². The Bertz CT molecular complexity index is 279. The second-order valence-corrected chi connectivity index (χ2v) is 4.09. The van der Waals surface area contributed by atoms with Crippen LogP contribution in [0.4, 0.5) is 5.82 Å². The summed E-state index contributed by atoms with van der Waals surface area (Å²) in [6.45, 7) is 3.87. The number of anilines is 1. The maximum Gasteiger partial charge on any atom is 0.128 e. The van der Waals surface area contributed by atoms with Crippen molar-refractivity contribution < 1.29 is 5.11 Å². The first-order chi connectivity index (χ1) is 6.75. The number of β-amino-alcohol motifs (C(OH)–C–C–N with tert-alkyl or cyclic N) is 1. The van der Waals surface area contributed by atoms with E-state index in [0.717, 1.165) is 18.8 Å². The van der Waals surface area contributed by atoms with Crippen LogP contribution in [0.25, 0.3) is 0 Å². The lowest BCUT2D eigenvalue weighted by atomic mass is 9.98. The Kier molecular flexibility index (Phi) is 2.68. The fourth-order valence-corrected chi connectivity index (χ4v) is 2.05. The molecule has 0 radical (unpaired) electrons. The van der Waals surface area contributed by atoms with Crippen LogP contribution in [0.3, 0.4) is 0 Å². The molecule has 2 unspecified atom stereocenters. The fraction of sp³-hybridized carbons (Fsp3) is 0.545. The van der Waals surface area contributed by atoms with E-state index in [4.69, 9.17) is 0 Å². The second kappa shape index (κ2) is 3.96. The van der Waals surface area contributed by atoms with E-state index in [1.165, 1.54) is 0 Å². The Labute approximate surface area is 84.4 Å². The zero-order chi connectivity index (χ0) is 9.97. The summed E-state index contributed by atoms with van der Waals surface area (Å²) in [5.74, 6) is 1.51. The monoisotopic (exact) mass is 192 g/mol. The summed E-state index contributed by atoms with van der Waals surface area (Å²) in [7, 11) is 0. The number of hydrogen-bond donors (Lipinski definition) is 1. The van der Waals surface area contributed by atoms with E-state index in [-0.39, 0.29) is 6.10 Å². The molecule has 76 valence electrons. The van der Waals surface area contributed by atoms with Crippen molar-refractivity contribution in [1.29, 1.82) is 0 Å². The second-order valence-electron chi connectivity index (χ2n) is 4.09. The van der Waals surface area contributed by atoms with Crippen LogP contribution in [0, 0.1) is 5.92 Å². The molecule has 0 amide bonds.